The standard InChI is InChI=1S/C9H19N3O4/c1-2-10-4-3-5-11-9(16)12-6-7(13)8(14)15/h7,10,13H,2-6H2,1H3,(H,14,15)(H2,11,12,16). The molecule has 1 atom stereocenters. The fourth-order valence-electron chi connectivity index (χ4n) is 0.931. The second-order valence-electron chi connectivity index (χ2n) is 3.20. The largest absolute Gasteiger partial charge is 0.479 e. The van der Waals surface area contributed by atoms with Gasteiger partial charge in [0.15, 0.2) is 6.10 Å². The lowest BCUT2D eigenvalue weighted by Crippen LogP contribution is -2.42. The first kappa shape index (κ1) is 14.7. The van der Waals surface area contributed by atoms with Crippen molar-refractivity contribution >= 4 is 12.0 Å². The lowest BCUT2D eigenvalue weighted by molar-refractivity contribution is -0.146. The van der Waals surface area contributed by atoms with Crippen molar-refractivity contribution in [2.45, 2.75) is 19.4 Å². The van der Waals surface area contributed by atoms with Crippen LogP contribution in [0.15, 0.2) is 0 Å². The number of carboxylic acid groups (broad SMARTS) is 1. The van der Waals surface area contributed by atoms with E-state index >= 15 is 0 Å². The van der Waals surface area contributed by atoms with Gasteiger partial charge in [0, 0.05) is 6.54 Å². The highest BCUT2D eigenvalue weighted by Crippen LogP contribution is 1.80. The Hall–Kier alpha value is -1.34. The molecule has 1 unspecified atom stereocenters. The Bertz CT molecular complexity index is 223. The average molecular weight is 233 g/mol. The summed E-state index contributed by atoms with van der Waals surface area (Å²) in [5.41, 5.74) is 0. The van der Waals surface area contributed by atoms with Crippen LogP contribution in [0.1, 0.15) is 13.3 Å². The molecule has 0 aliphatic heterocycles. The summed E-state index contributed by atoms with van der Waals surface area (Å²) in [6.07, 6.45) is -0.768. The van der Waals surface area contributed by atoms with E-state index in [-0.39, 0.29) is 6.54 Å². The van der Waals surface area contributed by atoms with Crippen LogP contribution in [0.3, 0.4) is 0 Å². The Morgan fingerprint density at radius 1 is 1.25 bits per heavy atom. The molecule has 0 saturated heterocycles. The minimum Gasteiger partial charge on any atom is -0.479 e. The molecule has 0 aliphatic carbocycles. The molecule has 7 nitrogen and oxygen atoms in total. The number of amides is 2. The first-order chi connectivity index (χ1) is 7.57. The van der Waals surface area contributed by atoms with Gasteiger partial charge < -0.3 is 26.2 Å². The van der Waals surface area contributed by atoms with Crippen molar-refractivity contribution in [3.63, 3.8) is 0 Å². The second-order valence-corrected chi connectivity index (χ2v) is 3.20. The van der Waals surface area contributed by atoms with Crippen molar-refractivity contribution < 1.29 is 19.8 Å². The Morgan fingerprint density at radius 2 is 1.94 bits per heavy atom. The molecule has 0 aliphatic rings. The molecule has 94 valence electrons. The van der Waals surface area contributed by atoms with Crippen molar-refractivity contribution in [2.24, 2.45) is 0 Å². The van der Waals surface area contributed by atoms with Gasteiger partial charge in [-0.25, -0.2) is 9.59 Å². The number of nitrogens with one attached hydrogen (secondary N) is 3. The molecule has 2 amide bonds. The van der Waals surface area contributed by atoms with E-state index in [1.165, 1.54) is 0 Å². The van der Waals surface area contributed by atoms with Crippen LogP contribution in [-0.4, -0.2) is 54.5 Å². The van der Waals surface area contributed by atoms with E-state index in [0.717, 1.165) is 19.5 Å². The van der Waals surface area contributed by atoms with Gasteiger partial charge in [-0.05, 0) is 19.5 Å². The number of carbonyl (C=O) groups excluding carboxylic acids is 1. The van der Waals surface area contributed by atoms with Crippen LogP contribution in [0.5, 0.6) is 0 Å². The van der Waals surface area contributed by atoms with Crippen LogP contribution in [0.4, 0.5) is 4.79 Å². The summed E-state index contributed by atoms with van der Waals surface area (Å²) in [6, 6.07) is -0.475. The number of rotatable bonds is 8. The summed E-state index contributed by atoms with van der Waals surface area (Å²) in [4.78, 5) is 21.3. The van der Waals surface area contributed by atoms with E-state index in [4.69, 9.17) is 10.2 Å². The fourth-order valence-corrected chi connectivity index (χ4v) is 0.931. The average Bonchev–Trinajstić information content (AvgIpc) is 2.25. The number of carboxylic acids is 1. The van der Waals surface area contributed by atoms with Crippen LogP contribution >= 0.6 is 0 Å². The third-order valence-corrected chi connectivity index (χ3v) is 1.81. The van der Waals surface area contributed by atoms with Crippen LogP contribution in [0.25, 0.3) is 0 Å². The topological polar surface area (TPSA) is 111 Å². The smallest absolute Gasteiger partial charge is 0.334 e. The van der Waals surface area contributed by atoms with Crippen LogP contribution in [0, 0.1) is 0 Å². The SMILES string of the molecule is CCNCCCNC(=O)NCC(O)C(=O)O. The van der Waals surface area contributed by atoms with Gasteiger partial charge in [0.2, 0.25) is 0 Å². The molecule has 0 aromatic carbocycles. The van der Waals surface area contributed by atoms with E-state index < -0.39 is 18.1 Å². The molecule has 0 saturated carbocycles. The van der Waals surface area contributed by atoms with E-state index in [1.54, 1.807) is 0 Å². The van der Waals surface area contributed by atoms with Crippen molar-refractivity contribution in [2.75, 3.05) is 26.2 Å². The molecule has 0 bridgehead atoms. The number of aliphatic hydroxyl groups excluding tert-OH is 1. The maximum Gasteiger partial charge on any atom is 0.334 e. The fraction of sp³-hybridized carbons (Fsp3) is 0.778. The van der Waals surface area contributed by atoms with Gasteiger partial charge in [-0.2, -0.15) is 0 Å². The lowest BCUT2D eigenvalue weighted by atomic mass is 10.3. The van der Waals surface area contributed by atoms with Crippen molar-refractivity contribution in [3.05, 3.63) is 0 Å². The Balaban J connectivity index is 3.41. The number of hydrogen-bond acceptors (Lipinski definition) is 4. The van der Waals surface area contributed by atoms with Crippen LogP contribution in [-0.2, 0) is 4.79 Å². The second kappa shape index (κ2) is 8.93. The lowest BCUT2D eigenvalue weighted by Gasteiger charge is -2.09. The minimum absolute atomic E-state index is 0.297. The highest BCUT2D eigenvalue weighted by molar-refractivity contribution is 5.76. The normalized spacial score (nSPS) is 11.9. The monoisotopic (exact) mass is 233 g/mol. The molecule has 5 N–H and O–H groups in total. The van der Waals surface area contributed by atoms with E-state index in [9.17, 15) is 9.59 Å². The summed E-state index contributed by atoms with van der Waals surface area (Å²) in [5, 5.41) is 25.1. The summed E-state index contributed by atoms with van der Waals surface area (Å²) >= 11 is 0. The van der Waals surface area contributed by atoms with E-state index in [0.29, 0.717) is 6.54 Å². The van der Waals surface area contributed by atoms with Gasteiger partial charge in [-0.1, -0.05) is 6.92 Å². The maximum atomic E-state index is 11.1. The Morgan fingerprint density at radius 3 is 2.50 bits per heavy atom. The zero-order valence-electron chi connectivity index (χ0n) is 9.32. The number of carbonyl (C=O) groups is 2. The molecule has 0 heterocycles. The molecule has 0 radical (unpaired) electrons. The van der Waals surface area contributed by atoms with Crippen molar-refractivity contribution in [1.29, 1.82) is 0 Å². The first-order valence-electron chi connectivity index (χ1n) is 5.21. The van der Waals surface area contributed by atoms with E-state index in [1.807, 2.05) is 6.92 Å². The zero-order chi connectivity index (χ0) is 12.4. The Labute approximate surface area is 94.2 Å². The van der Waals surface area contributed by atoms with Crippen LogP contribution in [0.2, 0.25) is 0 Å². The number of urea groups is 1. The number of aliphatic carboxylic acids is 1. The summed E-state index contributed by atoms with van der Waals surface area (Å²) in [7, 11) is 0. The maximum absolute atomic E-state index is 11.1. The molecule has 0 fully saturated rings. The van der Waals surface area contributed by atoms with E-state index in [2.05, 4.69) is 16.0 Å². The molecular formula is C9H19N3O4. The van der Waals surface area contributed by atoms with Gasteiger partial charge >= 0.3 is 12.0 Å². The third-order valence-electron chi connectivity index (χ3n) is 1.81. The van der Waals surface area contributed by atoms with Gasteiger partial charge in [-0.15, -0.1) is 0 Å². The molecule has 0 spiro atoms. The molecule has 7 heteroatoms. The van der Waals surface area contributed by atoms with Crippen molar-refractivity contribution in [1.82, 2.24) is 16.0 Å². The highest BCUT2D eigenvalue weighted by Gasteiger charge is 2.13. The van der Waals surface area contributed by atoms with Gasteiger partial charge in [0.05, 0.1) is 6.54 Å². The van der Waals surface area contributed by atoms with Gasteiger partial charge in [0.25, 0.3) is 0 Å². The summed E-state index contributed by atoms with van der Waals surface area (Å²) in [5.74, 6) is -1.35. The Kier molecular flexibility index (Phi) is 8.18. The van der Waals surface area contributed by atoms with Gasteiger partial charge in [-0.3, -0.25) is 0 Å². The summed E-state index contributed by atoms with van der Waals surface area (Å²) in [6.45, 7) is 3.90. The van der Waals surface area contributed by atoms with Crippen LogP contribution < -0.4 is 16.0 Å². The predicted octanol–water partition coefficient (Wildman–Crippen LogP) is -1.27. The highest BCUT2D eigenvalue weighted by atomic mass is 16.4. The minimum atomic E-state index is -1.56. The third kappa shape index (κ3) is 8.01. The molecule has 0 aromatic rings. The number of hydrogen-bond donors (Lipinski definition) is 5. The molecular weight excluding hydrogens is 214 g/mol. The predicted molar refractivity (Wildman–Crippen MR) is 58.2 cm³/mol. The molecule has 0 rings (SSSR count). The number of aliphatic hydroxyl groups is 1. The van der Waals surface area contributed by atoms with Gasteiger partial charge in [0.1, 0.15) is 0 Å². The first-order valence-corrected chi connectivity index (χ1v) is 5.21. The zero-order valence-corrected chi connectivity index (χ0v) is 9.32. The molecule has 16 heavy (non-hydrogen) atoms. The summed E-state index contributed by atoms with van der Waals surface area (Å²) < 4.78 is 0. The molecule has 0 aromatic heterocycles. The quantitative estimate of drug-likeness (QED) is 0.336. The van der Waals surface area contributed by atoms with Crippen molar-refractivity contribution in [3.8, 4) is 0 Å².